The van der Waals surface area contributed by atoms with Crippen LogP contribution in [0.15, 0.2) is 12.1 Å². The molecule has 2 unspecified atom stereocenters. The summed E-state index contributed by atoms with van der Waals surface area (Å²) in [6, 6.07) is 3.28. The molecule has 0 amide bonds. The van der Waals surface area contributed by atoms with Crippen LogP contribution in [-0.4, -0.2) is 18.1 Å². The Morgan fingerprint density at radius 2 is 2.07 bits per heavy atom. The van der Waals surface area contributed by atoms with Gasteiger partial charge < -0.3 is 10.5 Å². The molecule has 1 aromatic heterocycles. The van der Waals surface area contributed by atoms with Crippen molar-refractivity contribution in [2.24, 2.45) is 5.73 Å². The minimum absolute atomic E-state index is 0.152. The molecule has 14 heavy (non-hydrogen) atoms. The summed E-state index contributed by atoms with van der Waals surface area (Å²) < 4.78 is 5.23. The zero-order valence-electron chi connectivity index (χ0n) is 8.00. The predicted octanol–water partition coefficient (Wildman–Crippen LogP) is 2.42. The Morgan fingerprint density at radius 1 is 1.43 bits per heavy atom. The maximum Gasteiger partial charge on any atom is 0.136 e. The Kier molecular flexibility index (Phi) is 4.13. The largest absolute Gasteiger partial charge is 0.375 e. The van der Waals surface area contributed by atoms with Crippen LogP contribution in [0, 0.1) is 0 Å². The first-order valence-corrected chi connectivity index (χ1v) is 4.92. The standard InChI is InChI=1S/C9H12Cl2N2O/c1-5(12)8(14-2)6-3-4-7(10)13-9(6)11/h3-5,8H,12H2,1-2H3. The average Bonchev–Trinajstić information content (AvgIpc) is 2.09. The topological polar surface area (TPSA) is 48.1 Å². The first kappa shape index (κ1) is 11.7. The Morgan fingerprint density at radius 3 is 2.50 bits per heavy atom. The molecule has 0 aliphatic rings. The maximum absolute atomic E-state index is 5.92. The van der Waals surface area contributed by atoms with Gasteiger partial charge in [-0.2, -0.15) is 0 Å². The number of nitrogens with two attached hydrogens (primary N) is 1. The van der Waals surface area contributed by atoms with Crippen molar-refractivity contribution in [3.63, 3.8) is 0 Å². The lowest BCUT2D eigenvalue weighted by molar-refractivity contribution is 0.0852. The monoisotopic (exact) mass is 234 g/mol. The molecule has 0 aliphatic carbocycles. The Labute approximate surface area is 93.2 Å². The number of methoxy groups -OCH3 is 1. The van der Waals surface area contributed by atoms with Gasteiger partial charge in [0, 0.05) is 18.7 Å². The van der Waals surface area contributed by atoms with Gasteiger partial charge in [0.1, 0.15) is 10.3 Å². The van der Waals surface area contributed by atoms with E-state index in [9.17, 15) is 0 Å². The van der Waals surface area contributed by atoms with Crippen molar-refractivity contribution in [2.75, 3.05) is 7.11 Å². The molecule has 0 saturated carbocycles. The number of halogens is 2. The van der Waals surface area contributed by atoms with Crippen molar-refractivity contribution in [3.8, 4) is 0 Å². The molecule has 0 bridgehead atoms. The first-order valence-electron chi connectivity index (χ1n) is 4.16. The minimum Gasteiger partial charge on any atom is -0.375 e. The predicted molar refractivity (Wildman–Crippen MR) is 57.7 cm³/mol. The van der Waals surface area contributed by atoms with Crippen LogP contribution in [0.4, 0.5) is 0 Å². The molecule has 1 rings (SSSR count). The number of nitrogens with zero attached hydrogens (tertiary/aromatic N) is 1. The highest BCUT2D eigenvalue weighted by Crippen LogP contribution is 2.26. The van der Waals surface area contributed by atoms with E-state index < -0.39 is 0 Å². The third-order valence-corrected chi connectivity index (χ3v) is 2.39. The Hall–Kier alpha value is -0.350. The van der Waals surface area contributed by atoms with Crippen LogP contribution in [0.1, 0.15) is 18.6 Å². The molecule has 5 heteroatoms. The van der Waals surface area contributed by atoms with E-state index in [2.05, 4.69) is 4.98 Å². The van der Waals surface area contributed by atoms with E-state index >= 15 is 0 Å². The van der Waals surface area contributed by atoms with Crippen LogP contribution in [0.25, 0.3) is 0 Å². The Bertz CT molecular complexity index is 318. The minimum atomic E-state index is -0.257. The highest BCUT2D eigenvalue weighted by molar-refractivity contribution is 6.32. The smallest absolute Gasteiger partial charge is 0.136 e. The number of aromatic nitrogens is 1. The first-order chi connectivity index (χ1) is 6.56. The van der Waals surface area contributed by atoms with Gasteiger partial charge in [-0.05, 0) is 13.0 Å². The highest BCUT2D eigenvalue weighted by Gasteiger charge is 2.19. The molecule has 0 aromatic carbocycles. The lowest BCUT2D eigenvalue weighted by Gasteiger charge is -2.20. The summed E-state index contributed by atoms with van der Waals surface area (Å²) >= 11 is 11.6. The van der Waals surface area contributed by atoms with Crippen LogP contribution < -0.4 is 5.73 Å². The molecule has 0 fully saturated rings. The zero-order valence-corrected chi connectivity index (χ0v) is 9.51. The lowest BCUT2D eigenvalue weighted by Crippen LogP contribution is -2.26. The molecular weight excluding hydrogens is 223 g/mol. The fourth-order valence-electron chi connectivity index (χ4n) is 1.26. The van der Waals surface area contributed by atoms with E-state index in [0.29, 0.717) is 10.3 Å². The van der Waals surface area contributed by atoms with Crippen LogP contribution in [-0.2, 0) is 4.74 Å². The summed E-state index contributed by atoms with van der Waals surface area (Å²) in [6.07, 6.45) is -0.257. The summed E-state index contributed by atoms with van der Waals surface area (Å²) in [5.41, 5.74) is 6.50. The number of rotatable bonds is 3. The average molecular weight is 235 g/mol. The second-order valence-electron chi connectivity index (χ2n) is 3.03. The van der Waals surface area contributed by atoms with Crippen molar-refractivity contribution in [1.29, 1.82) is 0 Å². The maximum atomic E-state index is 5.92. The van der Waals surface area contributed by atoms with Crippen LogP contribution in [0.2, 0.25) is 10.3 Å². The molecule has 1 aromatic rings. The molecule has 1 heterocycles. The molecule has 0 spiro atoms. The molecule has 2 atom stereocenters. The van der Waals surface area contributed by atoms with E-state index in [1.54, 1.807) is 19.2 Å². The van der Waals surface area contributed by atoms with E-state index in [1.807, 2.05) is 6.92 Å². The van der Waals surface area contributed by atoms with Crippen LogP contribution in [0.5, 0.6) is 0 Å². The van der Waals surface area contributed by atoms with Crippen molar-refractivity contribution in [3.05, 3.63) is 28.0 Å². The van der Waals surface area contributed by atoms with Gasteiger partial charge >= 0.3 is 0 Å². The quantitative estimate of drug-likeness (QED) is 0.818. The van der Waals surface area contributed by atoms with Crippen molar-refractivity contribution in [1.82, 2.24) is 4.98 Å². The summed E-state index contributed by atoms with van der Waals surface area (Å²) in [5, 5.41) is 0.694. The fraction of sp³-hybridized carbons (Fsp3) is 0.444. The molecule has 78 valence electrons. The van der Waals surface area contributed by atoms with Gasteiger partial charge in [-0.3, -0.25) is 0 Å². The van der Waals surface area contributed by atoms with E-state index in [0.717, 1.165) is 5.56 Å². The van der Waals surface area contributed by atoms with E-state index in [-0.39, 0.29) is 12.1 Å². The number of pyridine rings is 1. The molecule has 2 N–H and O–H groups in total. The normalized spacial score (nSPS) is 15.2. The van der Waals surface area contributed by atoms with Crippen molar-refractivity contribution < 1.29 is 4.74 Å². The zero-order chi connectivity index (χ0) is 10.7. The SMILES string of the molecule is COC(c1ccc(Cl)nc1Cl)C(C)N. The van der Waals surface area contributed by atoms with Crippen molar-refractivity contribution in [2.45, 2.75) is 19.1 Å². The van der Waals surface area contributed by atoms with E-state index in [4.69, 9.17) is 33.7 Å². The lowest BCUT2D eigenvalue weighted by atomic mass is 10.1. The molecule has 0 radical (unpaired) electrons. The fourth-order valence-corrected chi connectivity index (χ4v) is 1.71. The summed E-state index contributed by atoms with van der Waals surface area (Å²) in [4.78, 5) is 3.92. The highest BCUT2D eigenvalue weighted by atomic mass is 35.5. The second kappa shape index (κ2) is 4.94. The second-order valence-corrected chi connectivity index (χ2v) is 3.77. The summed E-state index contributed by atoms with van der Waals surface area (Å²) in [5.74, 6) is 0. The Balaban J connectivity index is 3.04. The van der Waals surface area contributed by atoms with Crippen LogP contribution >= 0.6 is 23.2 Å². The number of ether oxygens (including phenoxy) is 1. The van der Waals surface area contributed by atoms with Gasteiger partial charge in [0.25, 0.3) is 0 Å². The van der Waals surface area contributed by atoms with E-state index in [1.165, 1.54) is 0 Å². The third kappa shape index (κ3) is 2.58. The van der Waals surface area contributed by atoms with Gasteiger partial charge in [-0.15, -0.1) is 0 Å². The molecule has 0 aliphatic heterocycles. The molecule has 0 saturated heterocycles. The molecular formula is C9H12Cl2N2O. The van der Waals surface area contributed by atoms with Crippen LogP contribution in [0.3, 0.4) is 0 Å². The third-order valence-electron chi connectivity index (χ3n) is 1.88. The van der Waals surface area contributed by atoms with Gasteiger partial charge in [0.05, 0.1) is 6.10 Å². The van der Waals surface area contributed by atoms with Gasteiger partial charge in [0.2, 0.25) is 0 Å². The van der Waals surface area contributed by atoms with Gasteiger partial charge in [-0.25, -0.2) is 4.98 Å². The summed E-state index contributed by atoms with van der Waals surface area (Å²) in [6.45, 7) is 1.85. The number of hydrogen-bond acceptors (Lipinski definition) is 3. The van der Waals surface area contributed by atoms with Gasteiger partial charge in [-0.1, -0.05) is 29.3 Å². The molecule has 3 nitrogen and oxygen atoms in total. The van der Waals surface area contributed by atoms with Gasteiger partial charge in [0.15, 0.2) is 0 Å². The van der Waals surface area contributed by atoms with Crippen molar-refractivity contribution >= 4 is 23.2 Å². The number of hydrogen-bond donors (Lipinski definition) is 1. The summed E-state index contributed by atoms with van der Waals surface area (Å²) in [7, 11) is 1.58.